The standard InChI is InChI=1S/C22H31NO/c1-4-5-7-10-18(2)23-19(3)21-13-15-22(16-14-21)24-17-20-11-8-6-9-12-20/h6,8-9,11-16,18-19,23H,4-5,7,10,17H2,1-3H3. The fourth-order valence-electron chi connectivity index (χ4n) is 2.90. The van der Waals surface area contributed by atoms with Gasteiger partial charge < -0.3 is 10.1 Å². The summed E-state index contributed by atoms with van der Waals surface area (Å²) in [7, 11) is 0. The molecule has 0 amide bonds. The predicted molar refractivity (Wildman–Crippen MR) is 102 cm³/mol. The lowest BCUT2D eigenvalue weighted by atomic mass is 10.1. The van der Waals surface area contributed by atoms with Crippen LogP contribution in [0.1, 0.15) is 63.6 Å². The molecular formula is C22H31NO. The molecule has 2 atom stereocenters. The molecule has 24 heavy (non-hydrogen) atoms. The molecule has 2 nitrogen and oxygen atoms in total. The first-order valence-corrected chi connectivity index (χ1v) is 9.21. The van der Waals surface area contributed by atoms with Gasteiger partial charge in [-0.15, -0.1) is 0 Å². The molecule has 0 saturated carbocycles. The predicted octanol–water partition coefficient (Wildman–Crippen LogP) is 5.89. The first kappa shape index (κ1) is 18.5. The molecule has 0 saturated heterocycles. The van der Waals surface area contributed by atoms with Crippen LogP contribution in [0.5, 0.6) is 5.75 Å². The van der Waals surface area contributed by atoms with E-state index in [9.17, 15) is 0 Å². The lowest BCUT2D eigenvalue weighted by Crippen LogP contribution is -2.28. The van der Waals surface area contributed by atoms with Crippen LogP contribution in [-0.4, -0.2) is 6.04 Å². The van der Waals surface area contributed by atoms with Crippen LogP contribution in [0.25, 0.3) is 0 Å². The van der Waals surface area contributed by atoms with Crippen LogP contribution in [0.4, 0.5) is 0 Å². The molecule has 2 unspecified atom stereocenters. The Morgan fingerprint density at radius 3 is 2.29 bits per heavy atom. The molecule has 2 heteroatoms. The van der Waals surface area contributed by atoms with Crippen molar-refractivity contribution in [1.29, 1.82) is 0 Å². The van der Waals surface area contributed by atoms with Crippen molar-refractivity contribution in [2.24, 2.45) is 0 Å². The minimum atomic E-state index is 0.366. The van der Waals surface area contributed by atoms with E-state index in [4.69, 9.17) is 4.74 Å². The van der Waals surface area contributed by atoms with Crippen LogP contribution >= 0.6 is 0 Å². The van der Waals surface area contributed by atoms with Crippen molar-refractivity contribution in [3.8, 4) is 5.75 Å². The van der Waals surface area contributed by atoms with E-state index in [2.05, 4.69) is 62.5 Å². The van der Waals surface area contributed by atoms with Gasteiger partial charge in [-0.05, 0) is 43.5 Å². The van der Waals surface area contributed by atoms with E-state index in [-0.39, 0.29) is 0 Å². The number of rotatable bonds is 10. The molecule has 130 valence electrons. The number of nitrogens with one attached hydrogen (secondary N) is 1. The Balaban J connectivity index is 1.80. The molecule has 2 rings (SSSR count). The van der Waals surface area contributed by atoms with Crippen molar-refractivity contribution in [3.05, 3.63) is 65.7 Å². The first-order valence-electron chi connectivity index (χ1n) is 9.21. The van der Waals surface area contributed by atoms with Crippen LogP contribution < -0.4 is 10.1 Å². The number of benzene rings is 2. The monoisotopic (exact) mass is 325 g/mol. The second-order valence-corrected chi connectivity index (χ2v) is 6.63. The van der Waals surface area contributed by atoms with Crippen LogP contribution in [-0.2, 0) is 6.61 Å². The van der Waals surface area contributed by atoms with Gasteiger partial charge in [0.25, 0.3) is 0 Å². The van der Waals surface area contributed by atoms with Crippen molar-refractivity contribution in [2.45, 2.75) is 65.1 Å². The third-order valence-electron chi connectivity index (χ3n) is 4.40. The first-order chi connectivity index (χ1) is 11.7. The Bertz CT molecular complexity index is 564. The van der Waals surface area contributed by atoms with E-state index in [0.717, 1.165) is 5.75 Å². The summed E-state index contributed by atoms with van der Waals surface area (Å²) in [6.45, 7) is 7.38. The average Bonchev–Trinajstić information content (AvgIpc) is 2.61. The van der Waals surface area contributed by atoms with E-state index in [0.29, 0.717) is 18.7 Å². The van der Waals surface area contributed by atoms with Gasteiger partial charge in [0.1, 0.15) is 12.4 Å². The maximum Gasteiger partial charge on any atom is 0.119 e. The fourth-order valence-corrected chi connectivity index (χ4v) is 2.90. The van der Waals surface area contributed by atoms with E-state index >= 15 is 0 Å². The summed E-state index contributed by atoms with van der Waals surface area (Å²) < 4.78 is 5.85. The highest BCUT2D eigenvalue weighted by Crippen LogP contribution is 2.19. The van der Waals surface area contributed by atoms with Gasteiger partial charge in [-0.2, -0.15) is 0 Å². The van der Waals surface area contributed by atoms with Crippen LogP contribution in [0.15, 0.2) is 54.6 Å². The van der Waals surface area contributed by atoms with Crippen molar-refractivity contribution >= 4 is 0 Å². The number of hydrogen-bond donors (Lipinski definition) is 1. The second-order valence-electron chi connectivity index (χ2n) is 6.63. The van der Waals surface area contributed by atoms with Crippen LogP contribution in [0.3, 0.4) is 0 Å². The second kappa shape index (κ2) is 10.1. The highest BCUT2D eigenvalue weighted by Gasteiger charge is 2.09. The normalized spacial score (nSPS) is 13.5. The minimum Gasteiger partial charge on any atom is -0.489 e. The van der Waals surface area contributed by atoms with Crippen molar-refractivity contribution in [1.82, 2.24) is 5.32 Å². The van der Waals surface area contributed by atoms with Gasteiger partial charge in [0.05, 0.1) is 0 Å². The zero-order valence-corrected chi connectivity index (χ0v) is 15.3. The van der Waals surface area contributed by atoms with E-state index in [1.807, 2.05) is 18.2 Å². The topological polar surface area (TPSA) is 21.3 Å². The summed E-state index contributed by atoms with van der Waals surface area (Å²) in [5.41, 5.74) is 2.50. The van der Waals surface area contributed by atoms with Gasteiger partial charge in [-0.3, -0.25) is 0 Å². The average molecular weight is 325 g/mol. The highest BCUT2D eigenvalue weighted by molar-refractivity contribution is 5.29. The van der Waals surface area contributed by atoms with Crippen molar-refractivity contribution in [2.75, 3.05) is 0 Å². The molecule has 0 aliphatic carbocycles. The summed E-state index contributed by atoms with van der Waals surface area (Å²) in [6, 6.07) is 19.7. The van der Waals surface area contributed by atoms with Gasteiger partial charge >= 0.3 is 0 Å². The molecule has 0 fully saturated rings. The number of ether oxygens (including phenoxy) is 1. The number of hydrogen-bond acceptors (Lipinski definition) is 2. The van der Waals surface area contributed by atoms with Crippen LogP contribution in [0.2, 0.25) is 0 Å². The summed E-state index contributed by atoms with van der Waals surface area (Å²) in [6.07, 6.45) is 5.17. The van der Waals surface area contributed by atoms with Gasteiger partial charge in [-0.25, -0.2) is 0 Å². The number of unbranched alkanes of at least 4 members (excludes halogenated alkanes) is 2. The van der Waals surface area contributed by atoms with Gasteiger partial charge in [0.2, 0.25) is 0 Å². The Hall–Kier alpha value is -1.80. The van der Waals surface area contributed by atoms with Gasteiger partial charge in [0.15, 0.2) is 0 Å². The maximum atomic E-state index is 5.85. The maximum absolute atomic E-state index is 5.85. The summed E-state index contributed by atoms with van der Waals surface area (Å²) >= 11 is 0. The highest BCUT2D eigenvalue weighted by atomic mass is 16.5. The summed E-state index contributed by atoms with van der Waals surface area (Å²) in [4.78, 5) is 0. The molecule has 0 aliphatic rings. The molecule has 0 aliphatic heterocycles. The quantitative estimate of drug-likeness (QED) is 0.550. The third-order valence-corrected chi connectivity index (χ3v) is 4.40. The minimum absolute atomic E-state index is 0.366. The zero-order chi connectivity index (χ0) is 17.2. The van der Waals surface area contributed by atoms with Crippen LogP contribution in [0, 0.1) is 0 Å². The zero-order valence-electron chi connectivity index (χ0n) is 15.3. The summed E-state index contributed by atoms with van der Waals surface area (Å²) in [5, 5.41) is 3.69. The molecule has 0 spiro atoms. The molecule has 1 N–H and O–H groups in total. The van der Waals surface area contributed by atoms with E-state index < -0.39 is 0 Å². The lowest BCUT2D eigenvalue weighted by Gasteiger charge is -2.20. The molecule has 0 radical (unpaired) electrons. The van der Waals surface area contributed by atoms with Gasteiger partial charge in [0, 0.05) is 12.1 Å². The SMILES string of the molecule is CCCCCC(C)NC(C)c1ccc(OCc2ccccc2)cc1. The smallest absolute Gasteiger partial charge is 0.119 e. The molecule has 2 aromatic rings. The largest absolute Gasteiger partial charge is 0.489 e. The van der Waals surface area contributed by atoms with Crippen molar-refractivity contribution < 1.29 is 4.74 Å². The Labute approximate surface area is 147 Å². The Kier molecular flexibility index (Phi) is 7.84. The van der Waals surface area contributed by atoms with E-state index in [1.54, 1.807) is 0 Å². The molecule has 0 heterocycles. The summed E-state index contributed by atoms with van der Waals surface area (Å²) in [5.74, 6) is 0.922. The fraction of sp³-hybridized carbons (Fsp3) is 0.455. The molecule has 0 bridgehead atoms. The third kappa shape index (κ3) is 6.37. The Morgan fingerprint density at radius 1 is 0.917 bits per heavy atom. The molecule has 2 aromatic carbocycles. The Morgan fingerprint density at radius 2 is 1.62 bits per heavy atom. The van der Waals surface area contributed by atoms with Gasteiger partial charge in [-0.1, -0.05) is 68.7 Å². The molecule has 0 aromatic heterocycles. The van der Waals surface area contributed by atoms with E-state index in [1.165, 1.54) is 36.8 Å². The molecular weight excluding hydrogens is 294 g/mol. The van der Waals surface area contributed by atoms with Crippen molar-refractivity contribution in [3.63, 3.8) is 0 Å². The lowest BCUT2D eigenvalue weighted by molar-refractivity contribution is 0.306.